The highest BCUT2D eigenvalue weighted by Gasteiger charge is 2.31. The lowest BCUT2D eigenvalue weighted by atomic mass is 9.88. The first-order chi connectivity index (χ1) is 12.3. The van der Waals surface area contributed by atoms with E-state index in [9.17, 15) is 17.6 Å². The van der Waals surface area contributed by atoms with Crippen molar-refractivity contribution < 1.29 is 17.6 Å². The first kappa shape index (κ1) is 18.4. The van der Waals surface area contributed by atoms with Crippen molar-refractivity contribution in [2.75, 3.05) is 0 Å². The van der Waals surface area contributed by atoms with Crippen molar-refractivity contribution >= 4 is 11.6 Å². The SMILES string of the molecule is Fc1cc(CC(c2ccccc2)c2ccc(Cl)cn2)cc(C(F)(F)F)c1. The van der Waals surface area contributed by atoms with E-state index in [1.807, 2.05) is 30.3 Å². The van der Waals surface area contributed by atoms with E-state index in [0.717, 1.165) is 17.7 Å². The zero-order chi connectivity index (χ0) is 18.7. The molecule has 0 aliphatic carbocycles. The monoisotopic (exact) mass is 379 g/mol. The van der Waals surface area contributed by atoms with Crippen molar-refractivity contribution in [2.45, 2.75) is 18.5 Å². The van der Waals surface area contributed by atoms with Gasteiger partial charge in [0.1, 0.15) is 5.82 Å². The molecule has 0 saturated heterocycles. The van der Waals surface area contributed by atoms with Crippen LogP contribution in [-0.2, 0) is 12.6 Å². The number of benzene rings is 2. The fraction of sp³-hybridized carbons (Fsp3) is 0.150. The van der Waals surface area contributed by atoms with Gasteiger partial charge in [0, 0.05) is 17.8 Å². The smallest absolute Gasteiger partial charge is 0.259 e. The third-order valence-corrected chi connectivity index (χ3v) is 4.26. The molecule has 26 heavy (non-hydrogen) atoms. The Morgan fingerprint density at radius 3 is 2.31 bits per heavy atom. The van der Waals surface area contributed by atoms with Crippen molar-refractivity contribution in [3.8, 4) is 0 Å². The Morgan fingerprint density at radius 2 is 1.69 bits per heavy atom. The standard InChI is InChI=1S/C20H14ClF4N/c21-16-6-7-19(26-12-16)18(14-4-2-1-3-5-14)10-13-8-15(20(23,24)25)11-17(22)9-13/h1-9,11-12,18H,10H2. The summed E-state index contributed by atoms with van der Waals surface area (Å²) in [5.74, 6) is -1.23. The molecular weight excluding hydrogens is 366 g/mol. The average molecular weight is 380 g/mol. The molecule has 2 aromatic carbocycles. The number of hydrogen-bond donors (Lipinski definition) is 0. The molecule has 0 N–H and O–H groups in total. The fourth-order valence-corrected chi connectivity index (χ4v) is 2.95. The minimum absolute atomic E-state index is 0.180. The Kier molecular flexibility index (Phi) is 5.28. The van der Waals surface area contributed by atoms with E-state index in [0.29, 0.717) is 16.8 Å². The van der Waals surface area contributed by atoms with Crippen LogP contribution in [0.3, 0.4) is 0 Å². The molecule has 1 unspecified atom stereocenters. The summed E-state index contributed by atoms with van der Waals surface area (Å²) in [6.45, 7) is 0. The number of hydrogen-bond acceptors (Lipinski definition) is 1. The Balaban J connectivity index is 2.01. The average Bonchev–Trinajstić information content (AvgIpc) is 2.60. The zero-order valence-electron chi connectivity index (χ0n) is 13.5. The van der Waals surface area contributed by atoms with E-state index >= 15 is 0 Å². The summed E-state index contributed by atoms with van der Waals surface area (Å²) >= 11 is 5.88. The third-order valence-electron chi connectivity index (χ3n) is 4.03. The molecule has 1 atom stereocenters. The molecule has 1 aromatic heterocycles. The van der Waals surface area contributed by atoms with Crippen LogP contribution in [0, 0.1) is 5.82 Å². The first-order valence-electron chi connectivity index (χ1n) is 7.86. The van der Waals surface area contributed by atoms with E-state index in [-0.39, 0.29) is 17.9 Å². The molecule has 0 amide bonds. The van der Waals surface area contributed by atoms with Crippen LogP contribution in [0.1, 0.15) is 28.3 Å². The molecule has 1 nitrogen and oxygen atoms in total. The summed E-state index contributed by atoms with van der Waals surface area (Å²) in [5, 5.41) is 0.464. The van der Waals surface area contributed by atoms with Gasteiger partial charge in [-0.15, -0.1) is 0 Å². The van der Waals surface area contributed by atoms with E-state index in [1.54, 1.807) is 12.1 Å². The highest BCUT2D eigenvalue weighted by Crippen LogP contribution is 2.33. The first-order valence-corrected chi connectivity index (χ1v) is 8.24. The summed E-state index contributed by atoms with van der Waals surface area (Å²) in [5.41, 5.74) is 0.782. The van der Waals surface area contributed by atoms with Gasteiger partial charge in [-0.2, -0.15) is 13.2 Å². The molecule has 6 heteroatoms. The van der Waals surface area contributed by atoms with Gasteiger partial charge >= 0.3 is 6.18 Å². The Morgan fingerprint density at radius 1 is 0.962 bits per heavy atom. The van der Waals surface area contributed by atoms with Crippen LogP contribution in [0.25, 0.3) is 0 Å². The number of aromatic nitrogens is 1. The molecule has 0 spiro atoms. The summed E-state index contributed by atoms with van der Waals surface area (Å²) in [4.78, 5) is 4.30. The van der Waals surface area contributed by atoms with Gasteiger partial charge in [0.25, 0.3) is 0 Å². The van der Waals surface area contributed by atoms with Gasteiger partial charge in [-0.1, -0.05) is 41.9 Å². The molecule has 134 valence electrons. The zero-order valence-corrected chi connectivity index (χ0v) is 14.2. The van der Waals surface area contributed by atoms with Crippen LogP contribution in [0.4, 0.5) is 17.6 Å². The lowest BCUT2D eigenvalue weighted by molar-refractivity contribution is -0.137. The number of alkyl halides is 3. The highest BCUT2D eigenvalue weighted by atomic mass is 35.5. The van der Waals surface area contributed by atoms with Gasteiger partial charge in [-0.05, 0) is 47.9 Å². The van der Waals surface area contributed by atoms with Crippen molar-refractivity contribution in [1.29, 1.82) is 0 Å². The molecule has 0 fully saturated rings. The maximum Gasteiger partial charge on any atom is 0.416 e. The predicted octanol–water partition coefficient (Wildman–Crippen LogP) is 6.27. The largest absolute Gasteiger partial charge is 0.416 e. The predicted molar refractivity (Wildman–Crippen MR) is 92.6 cm³/mol. The van der Waals surface area contributed by atoms with Crippen LogP contribution in [-0.4, -0.2) is 4.98 Å². The topological polar surface area (TPSA) is 12.9 Å². The van der Waals surface area contributed by atoms with Gasteiger partial charge in [0.2, 0.25) is 0 Å². The second kappa shape index (κ2) is 7.46. The molecule has 0 bridgehead atoms. The molecule has 0 aliphatic heterocycles. The Hall–Kier alpha value is -2.40. The summed E-state index contributed by atoms with van der Waals surface area (Å²) in [6, 6.07) is 15.3. The molecule has 0 saturated carbocycles. The lowest BCUT2D eigenvalue weighted by Gasteiger charge is -2.18. The minimum Gasteiger partial charge on any atom is -0.259 e. The van der Waals surface area contributed by atoms with Gasteiger partial charge in [0.05, 0.1) is 10.6 Å². The number of pyridine rings is 1. The molecule has 3 rings (SSSR count). The van der Waals surface area contributed by atoms with E-state index < -0.39 is 17.6 Å². The second-order valence-corrected chi connectivity index (χ2v) is 6.35. The van der Waals surface area contributed by atoms with E-state index in [2.05, 4.69) is 4.98 Å². The maximum atomic E-state index is 13.7. The van der Waals surface area contributed by atoms with Crippen LogP contribution >= 0.6 is 11.6 Å². The highest BCUT2D eigenvalue weighted by molar-refractivity contribution is 6.30. The van der Waals surface area contributed by atoms with Crippen molar-refractivity contribution in [3.05, 3.63) is 100 Å². The quantitative estimate of drug-likeness (QED) is 0.487. The molecule has 0 radical (unpaired) electrons. The van der Waals surface area contributed by atoms with Gasteiger partial charge in [0.15, 0.2) is 0 Å². The second-order valence-electron chi connectivity index (χ2n) is 5.91. The molecule has 3 aromatic rings. The molecular formula is C20H14ClF4N. The summed E-state index contributed by atoms with van der Waals surface area (Å²) < 4.78 is 52.7. The van der Waals surface area contributed by atoms with E-state index in [1.165, 1.54) is 6.20 Å². The van der Waals surface area contributed by atoms with Gasteiger partial charge in [-0.25, -0.2) is 4.39 Å². The number of rotatable bonds is 4. The third kappa shape index (κ3) is 4.41. The van der Waals surface area contributed by atoms with Crippen molar-refractivity contribution in [2.24, 2.45) is 0 Å². The maximum absolute atomic E-state index is 13.7. The van der Waals surface area contributed by atoms with Gasteiger partial charge in [-0.3, -0.25) is 4.98 Å². The van der Waals surface area contributed by atoms with Gasteiger partial charge < -0.3 is 0 Å². The summed E-state index contributed by atoms with van der Waals surface area (Å²) in [6.07, 6.45) is -2.93. The lowest BCUT2D eigenvalue weighted by Crippen LogP contribution is -2.10. The molecule has 0 aliphatic rings. The minimum atomic E-state index is -4.60. The number of halogens is 5. The fourth-order valence-electron chi connectivity index (χ4n) is 2.84. The molecule has 1 heterocycles. The van der Waals surface area contributed by atoms with Crippen LogP contribution < -0.4 is 0 Å². The Bertz CT molecular complexity index is 877. The van der Waals surface area contributed by atoms with E-state index in [4.69, 9.17) is 11.6 Å². The van der Waals surface area contributed by atoms with Crippen LogP contribution in [0.2, 0.25) is 5.02 Å². The van der Waals surface area contributed by atoms with Crippen molar-refractivity contribution in [1.82, 2.24) is 4.98 Å². The number of nitrogens with zero attached hydrogens (tertiary/aromatic N) is 1. The summed E-state index contributed by atoms with van der Waals surface area (Å²) in [7, 11) is 0. The van der Waals surface area contributed by atoms with Crippen LogP contribution in [0.5, 0.6) is 0 Å². The van der Waals surface area contributed by atoms with Crippen molar-refractivity contribution in [3.63, 3.8) is 0 Å². The normalized spacial score (nSPS) is 12.8. The Labute approximate surface area is 153 Å². The van der Waals surface area contributed by atoms with Crippen LogP contribution in [0.15, 0.2) is 66.9 Å².